The Balaban J connectivity index is 2.44. The fraction of sp³-hybridized carbons (Fsp3) is 0.385. The van der Waals surface area contributed by atoms with Gasteiger partial charge in [-0.25, -0.2) is 0 Å². The minimum atomic E-state index is -0.265. The van der Waals surface area contributed by atoms with E-state index < -0.39 is 0 Å². The van der Waals surface area contributed by atoms with E-state index in [0.29, 0.717) is 13.2 Å². The summed E-state index contributed by atoms with van der Waals surface area (Å²) in [5, 5.41) is 11.0. The molecule has 96 valence electrons. The Bertz CT molecular complexity index is 426. The average molecular weight is 248 g/mol. The number of carbonyl (C=O) groups is 1. The van der Waals surface area contributed by atoms with Crippen molar-refractivity contribution in [3.05, 3.63) is 35.4 Å². The van der Waals surface area contributed by atoms with Gasteiger partial charge in [0.2, 0.25) is 5.91 Å². The van der Waals surface area contributed by atoms with E-state index in [1.165, 1.54) is 0 Å². The molecule has 0 atom stereocenters. The van der Waals surface area contributed by atoms with Crippen molar-refractivity contribution in [2.24, 2.45) is 0 Å². The SMILES string of the molecule is COCOCc1cccc(CNC(=O)CC#N)c1. The number of nitriles is 1. The van der Waals surface area contributed by atoms with Crippen LogP contribution >= 0.6 is 0 Å². The lowest BCUT2D eigenvalue weighted by Crippen LogP contribution is -2.21. The Labute approximate surface area is 106 Å². The Hall–Kier alpha value is -1.90. The number of nitrogens with zero attached hydrogens (tertiary/aromatic N) is 1. The number of methoxy groups -OCH3 is 1. The highest BCUT2D eigenvalue weighted by molar-refractivity contribution is 5.77. The van der Waals surface area contributed by atoms with Crippen LogP contribution in [0.3, 0.4) is 0 Å². The van der Waals surface area contributed by atoms with Crippen LogP contribution in [0.1, 0.15) is 17.5 Å². The molecule has 0 radical (unpaired) electrons. The minimum absolute atomic E-state index is 0.114. The molecule has 1 rings (SSSR count). The number of amides is 1. The van der Waals surface area contributed by atoms with Crippen LogP contribution in [0.25, 0.3) is 0 Å². The highest BCUT2D eigenvalue weighted by Crippen LogP contribution is 2.06. The van der Waals surface area contributed by atoms with E-state index in [4.69, 9.17) is 14.7 Å². The molecule has 5 nitrogen and oxygen atoms in total. The van der Waals surface area contributed by atoms with Gasteiger partial charge in [-0.1, -0.05) is 24.3 Å². The van der Waals surface area contributed by atoms with Gasteiger partial charge in [-0.05, 0) is 11.1 Å². The molecule has 1 aromatic rings. The lowest BCUT2D eigenvalue weighted by Gasteiger charge is -2.07. The second-order valence-electron chi connectivity index (χ2n) is 3.69. The van der Waals surface area contributed by atoms with Crippen LogP contribution in [0.15, 0.2) is 24.3 Å². The van der Waals surface area contributed by atoms with E-state index in [-0.39, 0.29) is 19.1 Å². The second kappa shape index (κ2) is 8.23. The number of hydrogen-bond acceptors (Lipinski definition) is 4. The molecule has 1 amide bonds. The first-order valence-electron chi connectivity index (χ1n) is 5.54. The monoisotopic (exact) mass is 248 g/mol. The Morgan fingerprint density at radius 2 is 2.22 bits per heavy atom. The molecule has 1 N–H and O–H groups in total. The summed E-state index contributed by atoms with van der Waals surface area (Å²) in [4.78, 5) is 11.1. The van der Waals surface area contributed by atoms with Crippen molar-refractivity contribution >= 4 is 5.91 Å². The molecule has 0 aliphatic heterocycles. The molecule has 0 aliphatic rings. The van der Waals surface area contributed by atoms with Gasteiger partial charge in [-0.15, -0.1) is 0 Å². The summed E-state index contributed by atoms with van der Waals surface area (Å²) in [6.07, 6.45) is -0.114. The van der Waals surface area contributed by atoms with Crippen LogP contribution in [0.5, 0.6) is 0 Å². The van der Waals surface area contributed by atoms with Crippen molar-refractivity contribution in [1.82, 2.24) is 5.32 Å². The number of rotatable bonds is 7. The smallest absolute Gasteiger partial charge is 0.234 e. The largest absolute Gasteiger partial charge is 0.359 e. The van der Waals surface area contributed by atoms with Crippen molar-refractivity contribution in [2.45, 2.75) is 19.6 Å². The van der Waals surface area contributed by atoms with Gasteiger partial charge < -0.3 is 14.8 Å². The maximum absolute atomic E-state index is 11.1. The molecule has 0 bridgehead atoms. The van der Waals surface area contributed by atoms with Crippen LogP contribution in [0.4, 0.5) is 0 Å². The Kier molecular flexibility index (Phi) is 6.47. The third kappa shape index (κ3) is 5.43. The predicted octanol–water partition coefficient (Wildman–Crippen LogP) is 1.34. The number of carbonyl (C=O) groups excluding carboxylic acids is 1. The molecule has 0 fully saturated rings. The van der Waals surface area contributed by atoms with Gasteiger partial charge in [0.05, 0.1) is 12.7 Å². The Morgan fingerprint density at radius 3 is 2.94 bits per heavy atom. The zero-order chi connectivity index (χ0) is 13.2. The van der Waals surface area contributed by atoms with Crippen molar-refractivity contribution < 1.29 is 14.3 Å². The molecule has 0 heterocycles. The summed E-state index contributed by atoms with van der Waals surface area (Å²) >= 11 is 0. The van der Waals surface area contributed by atoms with Crippen LogP contribution in [-0.2, 0) is 27.4 Å². The quantitative estimate of drug-likeness (QED) is 0.584. The fourth-order valence-electron chi connectivity index (χ4n) is 1.41. The molecular formula is C13H16N2O3. The van der Waals surface area contributed by atoms with Gasteiger partial charge in [-0.3, -0.25) is 4.79 Å². The normalized spacial score (nSPS) is 9.78. The molecule has 0 aliphatic carbocycles. The first-order valence-corrected chi connectivity index (χ1v) is 5.54. The second-order valence-corrected chi connectivity index (χ2v) is 3.69. The fourth-order valence-corrected chi connectivity index (χ4v) is 1.41. The molecule has 5 heteroatoms. The molecule has 1 aromatic carbocycles. The lowest BCUT2D eigenvalue weighted by molar-refractivity contribution is -0.120. The van der Waals surface area contributed by atoms with E-state index in [9.17, 15) is 4.79 Å². The summed E-state index contributed by atoms with van der Waals surface area (Å²) in [6.45, 7) is 1.13. The summed E-state index contributed by atoms with van der Waals surface area (Å²) in [6, 6.07) is 9.50. The van der Waals surface area contributed by atoms with Gasteiger partial charge >= 0.3 is 0 Å². The van der Waals surface area contributed by atoms with E-state index in [0.717, 1.165) is 11.1 Å². The highest BCUT2D eigenvalue weighted by Gasteiger charge is 2.01. The predicted molar refractivity (Wildman–Crippen MR) is 65.2 cm³/mol. The first kappa shape index (κ1) is 14.2. The van der Waals surface area contributed by atoms with E-state index in [1.54, 1.807) is 13.2 Å². The lowest BCUT2D eigenvalue weighted by atomic mass is 10.1. The van der Waals surface area contributed by atoms with Gasteiger partial charge in [0.25, 0.3) is 0 Å². The third-order valence-electron chi connectivity index (χ3n) is 2.19. The third-order valence-corrected chi connectivity index (χ3v) is 2.19. The number of hydrogen-bond donors (Lipinski definition) is 1. The number of benzene rings is 1. The van der Waals surface area contributed by atoms with Gasteiger partial charge in [0.1, 0.15) is 13.2 Å². The molecule has 0 aromatic heterocycles. The zero-order valence-electron chi connectivity index (χ0n) is 10.3. The Morgan fingerprint density at radius 1 is 1.44 bits per heavy atom. The summed E-state index contributed by atoms with van der Waals surface area (Å²) in [5.41, 5.74) is 1.99. The number of ether oxygens (including phenoxy) is 2. The van der Waals surface area contributed by atoms with Crippen LogP contribution < -0.4 is 5.32 Å². The van der Waals surface area contributed by atoms with Crippen molar-refractivity contribution in [3.8, 4) is 6.07 Å². The summed E-state index contributed by atoms with van der Waals surface area (Å²) in [5.74, 6) is -0.265. The molecular weight excluding hydrogens is 232 g/mol. The van der Waals surface area contributed by atoms with Crippen LogP contribution in [0, 0.1) is 11.3 Å². The topological polar surface area (TPSA) is 71.3 Å². The summed E-state index contributed by atoms with van der Waals surface area (Å²) in [7, 11) is 1.57. The molecule has 0 saturated carbocycles. The molecule has 0 saturated heterocycles. The maximum Gasteiger partial charge on any atom is 0.234 e. The van der Waals surface area contributed by atoms with Crippen molar-refractivity contribution in [3.63, 3.8) is 0 Å². The standard InChI is InChI=1S/C13H16N2O3/c1-17-10-18-9-12-4-2-3-11(7-12)8-15-13(16)5-6-14/h2-4,7H,5,8-10H2,1H3,(H,15,16). The van der Waals surface area contributed by atoms with Crippen molar-refractivity contribution in [2.75, 3.05) is 13.9 Å². The number of nitrogens with one attached hydrogen (secondary N) is 1. The van der Waals surface area contributed by atoms with E-state index in [1.807, 2.05) is 24.3 Å². The summed E-state index contributed by atoms with van der Waals surface area (Å²) < 4.78 is 10.0. The van der Waals surface area contributed by atoms with E-state index >= 15 is 0 Å². The minimum Gasteiger partial charge on any atom is -0.359 e. The highest BCUT2D eigenvalue weighted by atomic mass is 16.7. The average Bonchev–Trinajstić information content (AvgIpc) is 2.38. The molecule has 0 unspecified atom stereocenters. The first-order chi connectivity index (χ1) is 8.76. The van der Waals surface area contributed by atoms with Crippen LogP contribution in [0.2, 0.25) is 0 Å². The van der Waals surface area contributed by atoms with Gasteiger partial charge in [0, 0.05) is 13.7 Å². The molecule has 18 heavy (non-hydrogen) atoms. The zero-order valence-corrected chi connectivity index (χ0v) is 10.3. The van der Waals surface area contributed by atoms with E-state index in [2.05, 4.69) is 5.32 Å². The molecule has 0 spiro atoms. The maximum atomic E-state index is 11.1. The van der Waals surface area contributed by atoms with Crippen molar-refractivity contribution in [1.29, 1.82) is 5.26 Å². The van der Waals surface area contributed by atoms with Gasteiger partial charge in [-0.2, -0.15) is 5.26 Å². The van der Waals surface area contributed by atoms with Gasteiger partial charge in [0.15, 0.2) is 0 Å². The van der Waals surface area contributed by atoms with Crippen LogP contribution in [-0.4, -0.2) is 19.8 Å².